The van der Waals surface area contributed by atoms with E-state index in [-0.39, 0.29) is 17.3 Å². The number of ketones is 1. The third kappa shape index (κ3) is 4.43. The molecule has 7 heteroatoms. The third-order valence-electron chi connectivity index (χ3n) is 4.40. The quantitative estimate of drug-likeness (QED) is 0.614. The second kappa shape index (κ2) is 8.47. The van der Waals surface area contributed by atoms with Crippen LogP contribution in [0.5, 0.6) is 0 Å². The average molecular weight is 380 g/mol. The molecule has 0 bridgehead atoms. The van der Waals surface area contributed by atoms with Gasteiger partial charge in [-0.05, 0) is 49.7 Å². The van der Waals surface area contributed by atoms with E-state index in [1.54, 1.807) is 53.4 Å². The smallest absolute Gasteiger partial charge is 0.338 e. The van der Waals surface area contributed by atoms with Crippen LogP contribution in [0.4, 0.5) is 11.4 Å². The van der Waals surface area contributed by atoms with Gasteiger partial charge in [0.1, 0.15) is 0 Å². The highest BCUT2D eigenvalue weighted by Gasteiger charge is 2.22. The first kappa shape index (κ1) is 19.3. The van der Waals surface area contributed by atoms with Crippen LogP contribution in [-0.4, -0.2) is 36.7 Å². The van der Waals surface area contributed by atoms with Crippen LogP contribution >= 0.6 is 0 Å². The van der Waals surface area contributed by atoms with Gasteiger partial charge in [-0.1, -0.05) is 12.1 Å². The lowest BCUT2D eigenvalue weighted by molar-refractivity contribution is -0.119. The fraction of sp³-hybridized carbons (Fsp3) is 0.238. The molecule has 1 aliphatic rings. The van der Waals surface area contributed by atoms with Crippen molar-refractivity contribution in [2.75, 3.05) is 23.4 Å². The second-order valence-corrected chi connectivity index (χ2v) is 6.42. The number of hydrogen-bond acceptors (Lipinski definition) is 5. The summed E-state index contributed by atoms with van der Waals surface area (Å²) in [5.74, 6) is -1.29. The van der Waals surface area contributed by atoms with Crippen LogP contribution in [0.1, 0.15) is 40.5 Å². The van der Waals surface area contributed by atoms with E-state index in [1.165, 1.54) is 6.92 Å². The summed E-state index contributed by atoms with van der Waals surface area (Å²) in [5, 5.41) is 2.57. The summed E-state index contributed by atoms with van der Waals surface area (Å²) >= 11 is 0. The van der Waals surface area contributed by atoms with Crippen molar-refractivity contribution in [3.63, 3.8) is 0 Å². The minimum Gasteiger partial charge on any atom is -0.452 e. The maximum absolute atomic E-state index is 12.1. The van der Waals surface area contributed by atoms with E-state index >= 15 is 0 Å². The fourth-order valence-electron chi connectivity index (χ4n) is 3.00. The van der Waals surface area contributed by atoms with Gasteiger partial charge < -0.3 is 15.0 Å². The second-order valence-electron chi connectivity index (χ2n) is 6.42. The molecule has 1 heterocycles. The maximum atomic E-state index is 12.1. The number of esters is 1. The topological polar surface area (TPSA) is 92.8 Å². The molecule has 0 aliphatic carbocycles. The van der Waals surface area contributed by atoms with E-state index in [0.29, 0.717) is 24.2 Å². The summed E-state index contributed by atoms with van der Waals surface area (Å²) in [6.07, 6.45) is 1.36. The highest BCUT2D eigenvalue weighted by Crippen LogP contribution is 2.22. The fourth-order valence-corrected chi connectivity index (χ4v) is 3.00. The molecule has 7 nitrogen and oxygen atoms in total. The average Bonchev–Trinajstić information content (AvgIpc) is 3.12. The first-order valence-electron chi connectivity index (χ1n) is 8.93. The molecular formula is C21H20N2O5. The number of ether oxygens (including phenoxy) is 1. The van der Waals surface area contributed by atoms with Crippen LogP contribution in [0.2, 0.25) is 0 Å². The summed E-state index contributed by atoms with van der Waals surface area (Å²) in [6.45, 7) is 1.60. The maximum Gasteiger partial charge on any atom is 0.338 e. The van der Waals surface area contributed by atoms with Crippen LogP contribution < -0.4 is 10.2 Å². The molecule has 2 aromatic rings. The number of amides is 2. The molecule has 0 unspecified atom stereocenters. The van der Waals surface area contributed by atoms with Crippen LogP contribution in [0.3, 0.4) is 0 Å². The van der Waals surface area contributed by atoms with Crippen molar-refractivity contribution in [1.29, 1.82) is 0 Å². The molecule has 0 saturated carbocycles. The predicted molar refractivity (Wildman–Crippen MR) is 103 cm³/mol. The largest absolute Gasteiger partial charge is 0.452 e. The van der Waals surface area contributed by atoms with E-state index < -0.39 is 18.5 Å². The Kier molecular flexibility index (Phi) is 5.84. The van der Waals surface area contributed by atoms with E-state index in [2.05, 4.69) is 5.32 Å². The van der Waals surface area contributed by atoms with Gasteiger partial charge in [0.05, 0.1) is 11.3 Å². The number of rotatable bonds is 6. The molecule has 2 aromatic carbocycles. The number of anilines is 2. The molecule has 3 rings (SSSR count). The summed E-state index contributed by atoms with van der Waals surface area (Å²) in [6, 6.07) is 13.1. The summed E-state index contributed by atoms with van der Waals surface area (Å²) in [7, 11) is 0. The van der Waals surface area contributed by atoms with Crippen LogP contribution in [0.25, 0.3) is 0 Å². The van der Waals surface area contributed by atoms with Gasteiger partial charge >= 0.3 is 5.97 Å². The Morgan fingerprint density at radius 2 is 1.79 bits per heavy atom. The zero-order chi connectivity index (χ0) is 20.1. The Labute approximate surface area is 162 Å². The van der Waals surface area contributed by atoms with Crippen LogP contribution in [-0.2, 0) is 14.3 Å². The number of nitrogens with one attached hydrogen (secondary N) is 1. The molecule has 0 atom stereocenters. The Bertz CT molecular complexity index is 921. The van der Waals surface area contributed by atoms with Gasteiger partial charge in [-0.25, -0.2) is 4.79 Å². The molecule has 2 amide bonds. The summed E-state index contributed by atoms with van der Waals surface area (Å²) in [5.41, 5.74) is 1.77. The lowest BCUT2D eigenvalue weighted by atomic mass is 10.1. The normalized spacial score (nSPS) is 13.3. The van der Waals surface area contributed by atoms with Crippen molar-refractivity contribution < 1.29 is 23.9 Å². The molecule has 1 aliphatic heterocycles. The number of hydrogen-bond donors (Lipinski definition) is 1. The van der Waals surface area contributed by atoms with Gasteiger partial charge in [-0.15, -0.1) is 0 Å². The molecule has 144 valence electrons. The molecule has 1 saturated heterocycles. The Morgan fingerprint density at radius 3 is 2.43 bits per heavy atom. The van der Waals surface area contributed by atoms with Crippen molar-refractivity contribution in [3.05, 3.63) is 59.7 Å². The van der Waals surface area contributed by atoms with E-state index in [0.717, 1.165) is 12.1 Å². The molecule has 0 radical (unpaired) electrons. The highest BCUT2D eigenvalue weighted by molar-refractivity contribution is 6.04. The lowest BCUT2D eigenvalue weighted by Gasteiger charge is -2.15. The van der Waals surface area contributed by atoms with E-state index in [1.807, 2.05) is 0 Å². The van der Waals surface area contributed by atoms with Gasteiger partial charge in [-0.3, -0.25) is 14.4 Å². The van der Waals surface area contributed by atoms with Crippen LogP contribution in [0.15, 0.2) is 48.5 Å². The Morgan fingerprint density at radius 1 is 1.07 bits per heavy atom. The molecule has 0 aromatic heterocycles. The minimum absolute atomic E-state index is 0.0674. The number of benzene rings is 2. The summed E-state index contributed by atoms with van der Waals surface area (Å²) < 4.78 is 5.03. The molecule has 0 spiro atoms. The summed E-state index contributed by atoms with van der Waals surface area (Å²) in [4.78, 5) is 49.2. The van der Waals surface area contributed by atoms with Crippen molar-refractivity contribution in [3.8, 4) is 0 Å². The van der Waals surface area contributed by atoms with Crippen molar-refractivity contribution in [2.45, 2.75) is 19.8 Å². The zero-order valence-corrected chi connectivity index (χ0v) is 15.4. The highest BCUT2D eigenvalue weighted by atomic mass is 16.5. The number of para-hydroxylation sites is 1. The number of nitrogens with zero attached hydrogens (tertiary/aromatic N) is 1. The van der Waals surface area contributed by atoms with Crippen molar-refractivity contribution in [1.82, 2.24) is 0 Å². The zero-order valence-electron chi connectivity index (χ0n) is 15.4. The number of Topliss-reactive ketones (excluding diaryl/α,β-unsaturated/α-hetero) is 1. The van der Waals surface area contributed by atoms with Gasteiger partial charge in [-0.2, -0.15) is 0 Å². The van der Waals surface area contributed by atoms with E-state index in [9.17, 15) is 19.2 Å². The first-order valence-corrected chi connectivity index (χ1v) is 8.93. The Balaban J connectivity index is 1.56. The number of carbonyl (C=O) groups is 4. The number of carbonyl (C=O) groups excluding carboxylic acids is 4. The SMILES string of the molecule is CC(=O)c1ccccc1NC(=O)COC(=O)c1ccc(N2CCCC2=O)cc1. The van der Waals surface area contributed by atoms with E-state index in [4.69, 9.17) is 4.74 Å². The minimum atomic E-state index is -0.644. The van der Waals surface area contributed by atoms with Crippen molar-refractivity contribution in [2.24, 2.45) is 0 Å². The van der Waals surface area contributed by atoms with Gasteiger partial charge in [0.2, 0.25) is 5.91 Å². The standard InChI is InChI=1S/C21H20N2O5/c1-14(24)17-5-2-3-6-18(17)22-19(25)13-28-21(27)15-8-10-16(11-9-15)23-12-4-7-20(23)26/h2-3,5-6,8-11H,4,7,12-13H2,1H3,(H,22,25). The van der Waals surface area contributed by atoms with Crippen LogP contribution in [0, 0.1) is 0 Å². The molecular weight excluding hydrogens is 360 g/mol. The first-order chi connectivity index (χ1) is 13.5. The predicted octanol–water partition coefficient (Wildman–Crippen LogP) is 2.81. The van der Waals surface area contributed by atoms with Gasteiger partial charge in [0.15, 0.2) is 12.4 Å². The Hall–Kier alpha value is -3.48. The monoisotopic (exact) mass is 380 g/mol. The molecule has 1 N–H and O–H groups in total. The van der Waals surface area contributed by atoms with Gasteiger partial charge in [0.25, 0.3) is 5.91 Å². The van der Waals surface area contributed by atoms with Gasteiger partial charge in [0, 0.05) is 24.2 Å². The lowest BCUT2D eigenvalue weighted by Crippen LogP contribution is -2.24. The third-order valence-corrected chi connectivity index (χ3v) is 4.40. The molecule has 28 heavy (non-hydrogen) atoms. The molecule has 1 fully saturated rings. The van der Waals surface area contributed by atoms with Crippen molar-refractivity contribution >= 4 is 34.9 Å².